The molecule has 15 heavy (non-hydrogen) atoms. The van der Waals surface area contributed by atoms with Gasteiger partial charge in [-0.3, -0.25) is 4.98 Å². The van der Waals surface area contributed by atoms with Gasteiger partial charge in [0.25, 0.3) is 0 Å². The van der Waals surface area contributed by atoms with Gasteiger partial charge < -0.3 is 5.11 Å². The molecule has 1 N–H and O–H groups in total. The molecule has 75 valence electrons. The zero-order valence-electron chi connectivity index (χ0n) is 8.56. The Morgan fingerprint density at radius 3 is 2.87 bits per heavy atom. The fraction of sp³-hybridized carbons (Fsp3) is 0.250. The van der Waals surface area contributed by atoms with Crippen LogP contribution in [0.4, 0.5) is 0 Å². The quantitative estimate of drug-likeness (QED) is 0.917. The van der Waals surface area contributed by atoms with Crippen LogP contribution in [-0.2, 0) is 32.7 Å². The zero-order valence-corrected chi connectivity index (χ0v) is 11.4. The molecular formula is C12H13NOY. The minimum absolute atomic E-state index is 0. The maximum Gasteiger partial charge on any atom is 0.0701 e. The van der Waals surface area contributed by atoms with Crippen LogP contribution in [-0.4, -0.2) is 16.7 Å². The molecule has 0 fully saturated rings. The molecule has 2 rings (SSSR count). The van der Waals surface area contributed by atoms with Crippen LogP contribution < -0.4 is 0 Å². The number of pyridine rings is 1. The molecule has 1 aliphatic carbocycles. The molecule has 2 nitrogen and oxygen atoms in total. The summed E-state index contributed by atoms with van der Waals surface area (Å²) in [5, 5.41) is 8.91. The molecule has 1 heterocycles. The van der Waals surface area contributed by atoms with Gasteiger partial charge in [-0.05, 0) is 30.5 Å². The second-order valence-electron chi connectivity index (χ2n) is 3.31. The van der Waals surface area contributed by atoms with E-state index in [1.807, 2.05) is 18.2 Å². The van der Waals surface area contributed by atoms with E-state index in [-0.39, 0.29) is 39.3 Å². The SMILES string of the molecule is OCCC1=C(c2ccccn2)C=CC1.[Y]. The number of aliphatic hydroxyl groups is 1. The van der Waals surface area contributed by atoms with Crippen LogP contribution in [0, 0.1) is 0 Å². The van der Waals surface area contributed by atoms with E-state index in [2.05, 4.69) is 17.1 Å². The van der Waals surface area contributed by atoms with E-state index in [0.717, 1.165) is 18.5 Å². The molecule has 0 unspecified atom stereocenters. The number of hydrogen-bond donors (Lipinski definition) is 1. The number of nitrogens with zero attached hydrogens (tertiary/aromatic N) is 1. The third-order valence-corrected chi connectivity index (χ3v) is 2.38. The zero-order chi connectivity index (χ0) is 9.80. The third kappa shape index (κ3) is 3.07. The van der Waals surface area contributed by atoms with Gasteiger partial charge in [-0.1, -0.05) is 23.8 Å². The van der Waals surface area contributed by atoms with Gasteiger partial charge in [0.15, 0.2) is 0 Å². The van der Waals surface area contributed by atoms with Gasteiger partial charge in [0.1, 0.15) is 0 Å². The van der Waals surface area contributed by atoms with Gasteiger partial charge in [0, 0.05) is 45.5 Å². The average molecular weight is 276 g/mol. The predicted octanol–water partition coefficient (Wildman–Crippen LogP) is 2.17. The summed E-state index contributed by atoms with van der Waals surface area (Å²) in [6.07, 6.45) is 7.71. The first-order valence-corrected chi connectivity index (χ1v) is 4.82. The summed E-state index contributed by atoms with van der Waals surface area (Å²) in [5.74, 6) is 0. The van der Waals surface area contributed by atoms with Crippen LogP contribution in [0.3, 0.4) is 0 Å². The normalized spacial score (nSPS) is 14.2. The Morgan fingerprint density at radius 1 is 1.33 bits per heavy atom. The van der Waals surface area contributed by atoms with Crippen molar-refractivity contribution in [2.24, 2.45) is 0 Å². The molecule has 0 aromatic carbocycles. The Morgan fingerprint density at radius 2 is 2.20 bits per heavy atom. The second-order valence-corrected chi connectivity index (χ2v) is 3.31. The van der Waals surface area contributed by atoms with E-state index < -0.39 is 0 Å². The van der Waals surface area contributed by atoms with Gasteiger partial charge in [-0.15, -0.1) is 0 Å². The Labute approximate surface area is 115 Å². The van der Waals surface area contributed by atoms with Crippen molar-refractivity contribution in [2.75, 3.05) is 6.61 Å². The molecule has 1 radical (unpaired) electrons. The van der Waals surface area contributed by atoms with Crippen molar-refractivity contribution < 1.29 is 37.8 Å². The molecule has 1 aliphatic rings. The summed E-state index contributed by atoms with van der Waals surface area (Å²) in [6, 6.07) is 5.90. The summed E-state index contributed by atoms with van der Waals surface area (Å²) in [6.45, 7) is 0.216. The number of aliphatic hydroxyl groups excluding tert-OH is 1. The average Bonchev–Trinajstić information content (AvgIpc) is 2.68. The molecule has 0 saturated carbocycles. The van der Waals surface area contributed by atoms with E-state index >= 15 is 0 Å². The van der Waals surface area contributed by atoms with Gasteiger partial charge in [0.2, 0.25) is 0 Å². The Balaban J connectivity index is 0.00000112. The number of hydrogen-bond acceptors (Lipinski definition) is 2. The maximum atomic E-state index is 8.91. The van der Waals surface area contributed by atoms with Crippen LogP contribution >= 0.6 is 0 Å². The van der Waals surface area contributed by atoms with Gasteiger partial charge in [-0.2, -0.15) is 0 Å². The van der Waals surface area contributed by atoms with E-state index in [1.165, 1.54) is 11.1 Å². The summed E-state index contributed by atoms with van der Waals surface area (Å²) >= 11 is 0. The van der Waals surface area contributed by atoms with E-state index in [9.17, 15) is 0 Å². The first-order valence-electron chi connectivity index (χ1n) is 4.82. The Hall–Kier alpha value is -0.306. The third-order valence-electron chi connectivity index (χ3n) is 2.38. The monoisotopic (exact) mass is 276 g/mol. The van der Waals surface area contributed by atoms with Crippen LogP contribution in [0.5, 0.6) is 0 Å². The molecule has 1 aromatic heterocycles. The Bertz CT molecular complexity index is 370. The smallest absolute Gasteiger partial charge is 0.0701 e. The van der Waals surface area contributed by atoms with E-state index in [1.54, 1.807) is 6.20 Å². The second kappa shape index (κ2) is 6.31. The first-order chi connectivity index (χ1) is 6.92. The molecule has 1 aromatic rings. The fourth-order valence-corrected chi connectivity index (χ4v) is 1.71. The van der Waals surface area contributed by atoms with Crippen molar-refractivity contribution in [3.05, 3.63) is 47.8 Å². The van der Waals surface area contributed by atoms with Crippen LogP contribution in [0.1, 0.15) is 18.5 Å². The largest absolute Gasteiger partial charge is 0.396 e. The standard InChI is InChI=1S/C12H13NO.Y/c14-9-7-10-4-3-5-11(10)12-6-1-2-8-13-12;/h1-3,5-6,8,14H,4,7,9H2;. The van der Waals surface area contributed by atoms with Crippen LogP contribution in [0.15, 0.2) is 42.1 Å². The summed E-state index contributed by atoms with van der Waals surface area (Å²) < 4.78 is 0. The van der Waals surface area contributed by atoms with Crippen molar-refractivity contribution in [1.82, 2.24) is 4.98 Å². The van der Waals surface area contributed by atoms with Crippen molar-refractivity contribution in [1.29, 1.82) is 0 Å². The topological polar surface area (TPSA) is 33.1 Å². The fourth-order valence-electron chi connectivity index (χ4n) is 1.71. The summed E-state index contributed by atoms with van der Waals surface area (Å²) in [5.41, 5.74) is 3.47. The van der Waals surface area contributed by atoms with Crippen molar-refractivity contribution >= 4 is 5.57 Å². The summed E-state index contributed by atoms with van der Waals surface area (Å²) in [4.78, 5) is 4.30. The van der Waals surface area contributed by atoms with Gasteiger partial charge in [0.05, 0.1) is 5.69 Å². The van der Waals surface area contributed by atoms with Crippen molar-refractivity contribution in [3.63, 3.8) is 0 Å². The van der Waals surface area contributed by atoms with Crippen molar-refractivity contribution in [2.45, 2.75) is 12.8 Å². The predicted molar refractivity (Wildman–Crippen MR) is 56.6 cm³/mol. The molecule has 0 atom stereocenters. The number of rotatable bonds is 3. The minimum atomic E-state index is 0. The number of allylic oxidation sites excluding steroid dienone is 3. The first kappa shape index (κ1) is 12.8. The van der Waals surface area contributed by atoms with Gasteiger partial charge >= 0.3 is 0 Å². The van der Waals surface area contributed by atoms with Crippen LogP contribution in [0.25, 0.3) is 5.57 Å². The molecule has 0 saturated heterocycles. The molecule has 3 heteroatoms. The molecule has 0 bridgehead atoms. The molecule has 0 amide bonds. The Kier molecular flexibility index (Phi) is 5.37. The molecular weight excluding hydrogens is 263 g/mol. The van der Waals surface area contributed by atoms with E-state index in [4.69, 9.17) is 5.11 Å². The molecule has 0 spiro atoms. The maximum absolute atomic E-state index is 8.91. The van der Waals surface area contributed by atoms with Crippen molar-refractivity contribution in [3.8, 4) is 0 Å². The van der Waals surface area contributed by atoms with Crippen LogP contribution in [0.2, 0.25) is 0 Å². The summed E-state index contributed by atoms with van der Waals surface area (Å²) in [7, 11) is 0. The minimum Gasteiger partial charge on any atom is -0.396 e. The number of aromatic nitrogens is 1. The molecule has 0 aliphatic heterocycles. The van der Waals surface area contributed by atoms with E-state index in [0.29, 0.717) is 0 Å². The van der Waals surface area contributed by atoms with Gasteiger partial charge in [-0.25, -0.2) is 0 Å².